The second kappa shape index (κ2) is 6.31. The second-order valence-corrected chi connectivity index (χ2v) is 4.76. The summed E-state index contributed by atoms with van der Waals surface area (Å²) in [5, 5.41) is 13.4. The SMILES string of the molecule is COc1cc(C(=O)Nc2cccc(Br)n2)ccc1[N+](=O)[O-]. The van der Waals surface area contributed by atoms with Crippen molar-refractivity contribution >= 4 is 33.3 Å². The highest BCUT2D eigenvalue weighted by Crippen LogP contribution is 2.27. The maximum atomic E-state index is 12.1. The van der Waals surface area contributed by atoms with E-state index in [2.05, 4.69) is 26.2 Å². The van der Waals surface area contributed by atoms with E-state index in [-0.39, 0.29) is 17.0 Å². The molecule has 8 heteroatoms. The summed E-state index contributed by atoms with van der Waals surface area (Å²) in [6.07, 6.45) is 0. The Morgan fingerprint density at radius 3 is 2.76 bits per heavy atom. The van der Waals surface area contributed by atoms with Crippen LogP contribution in [0, 0.1) is 10.1 Å². The van der Waals surface area contributed by atoms with Crippen LogP contribution in [0.1, 0.15) is 10.4 Å². The highest BCUT2D eigenvalue weighted by molar-refractivity contribution is 9.10. The van der Waals surface area contributed by atoms with Crippen molar-refractivity contribution in [1.29, 1.82) is 0 Å². The number of benzene rings is 1. The van der Waals surface area contributed by atoms with Crippen molar-refractivity contribution in [2.24, 2.45) is 0 Å². The molecule has 108 valence electrons. The van der Waals surface area contributed by atoms with Crippen molar-refractivity contribution in [3.05, 3.63) is 56.7 Å². The van der Waals surface area contributed by atoms with E-state index in [0.717, 1.165) is 0 Å². The third-order valence-electron chi connectivity index (χ3n) is 2.60. The minimum absolute atomic E-state index is 0.0230. The van der Waals surface area contributed by atoms with Crippen molar-refractivity contribution in [3.63, 3.8) is 0 Å². The van der Waals surface area contributed by atoms with Gasteiger partial charge in [-0.1, -0.05) is 6.07 Å². The minimum atomic E-state index is -0.573. The molecule has 1 heterocycles. The lowest BCUT2D eigenvalue weighted by atomic mass is 10.1. The predicted molar refractivity (Wildman–Crippen MR) is 79.5 cm³/mol. The molecule has 2 rings (SSSR count). The molecule has 0 atom stereocenters. The van der Waals surface area contributed by atoms with E-state index in [1.807, 2.05) is 0 Å². The first-order valence-electron chi connectivity index (χ1n) is 5.77. The van der Waals surface area contributed by atoms with Crippen molar-refractivity contribution in [3.8, 4) is 5.75 Å². The smallest absolute Gasteiger partial charge is 0.310 e. The lowest BCUT2D eigenvalue weighted by molar-refractivity contribution is -0.385. The Balaban J connectivity index is 2.25. The summed E-state index contributed by atoms with van der Waals surface area (Å²) in [4.78, 5) is 26.4. The van der Waals surface area contributed by atoms with E-state index in [1.165, 1.54) is 25.3 Å². The van der Waals surface area contributed by atoms with E-state index in [0.29, 0.717) is 10.4 Å². The first-order valence-corrected chi connectivity index (χ1v) is 6.57. The topological polar surface area (TPSA) is 94.4 Å². The van der Waals surface area contributed by atoms with Crippen molar-refractivity contribution < 1.29 is 14.5 Å². The van der Waals surface area contributed by atoms with Crippen LogP contribution in [0.25, 0.3) is 0 Å². The largest absolute Gasteiger partial charge is 0.490 e. The van der Waals surface area contributed by atoms with Gasteiger partial charge in [0.05, 0.1) is 12.0 Å². The average molecular weight is 352 g/mol. The lowest BCUT2D eigenvalue weighted by Crippen LogP contribution is -2.13. The summed E-state index contributed by atoms with van der Waals surface area (Å²) in [5.74, 6) is -0.0460. The van der Waals surface area contributed by atoms with Crippen LogP contribution in [-0.4, -0.2) is 22.9 Å². The molecule has 0 saturated carbocycles. The zero-order valence-electron chi connectivity index (χ0n) is 10.9. The van der Waals surface area contributed by atoms with Crippen LogP contribution in [0.15, 0.2) is 41.0 Å². The second-order valence-electron chi connectivity index (χ2n) is 3.94. The van der Waals surface area contributed by atoms with Gasteiger partial charge in [0.25, 0.3) is 5.91 Å². The van der Waals surface area contributed by atoms with Crippen LogP contribution in [0.2, 0.25) is 0 Å². The van der Waals surface area contributed by atoms with E-state index in [9.17, 15) is 14.9 Å². The third kappa shape index (κ3) is 3.54. The van der Waals surface area contributed by atoms with Crippen molar-refractivity contribution in [2.45, 2.75) is 0 Å². The van der Waals surface area contributed by atoms with Gasteiger partial charge in [-0.05, 0) is 34.1 Å². The number of nitrogens with zero attached hydrogens (tertiary/aromatic N) is 2. The third-order valence-corrected chi connectivity index (χ3v) is 3.04. The molecule has 0 saturated heterocycles. The normalized spacial score (nSPS) is 10.0. The van der Waals surface area contributed by atoms with Gasteiger partial charge < -0.3 is 10.1 Å². The van der Waals surface area contributed by atoms with Gasteiger partial charge in [0, 0.05) is 17.7 Å². The van der Waals surface area contributed by atoms with Crippen LogP contribution in [0.3, 0.4) is 0 Å². The molecule has 1 aromatic carbocycles. The number of ether oxygens (including phenoxy) is 1. The fourth-order valence-corrected chi connectivity index (χ4v) is 1.98. The van der Waals surface area contributed by atoms with Gasteiger partial charge in [-0.15, -0.1) is 0 Å². The van der Waals surface area contributed by atoms with Gasteiger partial charge in [0.15, 0.2) is 5.75 Å². The first-order chi connectivity index (χ1) is 10.0. The Hall–Kier alpha value is -2.48. The molecule has 0 aliphatic rings. The lowest BCUT2D eigenvalue weighted by Gasteiger charge is -2.07. The predicted octanol–water partition coefficient (Wildman–Crippen LogP) is 3.01. The van der Waals surface area contributed by atoms with Crippen LogP contribution < -0.4 is 10.1 Å². The quantitative estimate of drug-likeness (QED) is 0.519. The number of anilines is 1. The van der Waals surface area contributed by atoms with Crippen LogP contribution >= 0.6 is 15.9 Å². The Labute approximate surface area is 128 Å². The van der Waals surface area contributed by atoms with Crippen LogP contribution in [-0.2, 0) is 0 Å². The fraction of sp³-hybridized carbons (Fsp3) is 0.0769. The summed E-state index contributed by atoms with van der Waals surface area (Å²) < 4.78 is 5.51. The van der Waals surface area contributed by atoms with E-state index in [4.69, 9.17) is 4.74 Å². The Morgan fingerprint density at radius 2 is 2.14 bits per heavy atom. The molecule has 0 aliphatic heterocycles. The molecule has 1 aromatic heterocycles. The first kappa shape index (κ1) is 14.9. The van der Waals surface area contributed by atoms with Crippen LogP contribution in [0.5, 0.6) is 5.75 Å². The summed E-state index contributed by atoms with van der Waals surface area (Å²) in [5.41, 5.74) is 0.0360. The van der Waals surface area contributed by atoms with Crippen molar-refractivity contribution in [1.82, 2.24) is 4.98 Å². The molecule has 21 heavy (non-hydrogen) atoms. The molecule has 0 spiro atoms. The zero-order chi connectivity index (χ0) is 15.4. The van der Waals surface area contributed by atoms with E-state index < -0.39 is 10.8 Å². The zero-order valence-corrected chi connectivity index (χ0v) is 12.5. The summed E-state index contributed by atoms with van der Waals surface area (Å²) in [6.45, 7) is 0. The number of rotatable bonds is 4. The monoisotopic (exact) mass is 351 g/mol. The number of carbonyl (C=O) groups excluding carboxylic acids is 1. The highest BCUT2D eigenvalue weighted by atomic mass is 79.9. The number of hydrogen-bond donors (Lipinski definition) is 1. The number of pyridine rings is 1. The molecule has 0 fully saturated rings. The maximum Gasteiger partial charge on any atom is 0.310 e. The molecule has 0 aliphatic carbocycles. The number of nitro benzene ring substituents is 1. The van der Waals surface area contributed by atoms with Gasteiger partial charge in [0.1, 0.15) is 10.4 Å². The Kier molecular flexibility index (Phi) is 4.49. The molecular weight excluding hydrogens is 342 g/mol. The number of methoxy groups -OCH3 is 1. The van der Waals surface area contributed by atoms with E-state index >= 15 is 0 Å². The minimum Gasteiger partial charge on any atom is -0.490 e. The van der Waals surface area contributed by atoms with Crippen LogP contribution in [0.4, 0.5) is 11.5 Å². The summed E-state index contributed by atoms with van der Waals surface area (Å²) in [6, 6.07) is 8.97. The molecule has 0 radical (unpaired) electrons. The number of nitrogens with one attached hydrogen (secondary N) is 1. The van der Waals surface area contributed by atoms with Gasteiger partial charge in [-0.25, -0.2) is 4.98 Å². The number of carbonyl (C=O) groups is 1. The Morgan fingerprint density at radius 1 is 1.38 bits per heavy atom. The standard InChI is InChI=1S/C13H10BrN3O4/c1-21-10-7-8(5-6-9(10)17(19)20)13(18)16-12-4-2-3-11(14)15-12/h2-7H,1H3,(H,15,16,18). The number of amides is 1. The molecule has 1 N–H and O–H groups in total. The molecule has 7 nitrogen and oxygen atoms in total. The van der Waals surface area contributed by atoms with Gasteiger partial charge in [-0.3, -0.25) is 14.9 Å². The number of nitro groups is 1. The molecular formula is C13H10BrN3O4. The number of hydrogen-bond acceptors (Lipinski definition) is 5. The van der Waals surface area contributed by atoms with Gasteiger partial charge in [0.2, 0.25) is 0 Å². The Bertz CT molecular complexity index is 706. The summed E-state index contributed by atoms with van der Waals surface area (Å²) >= 11 is 3.20. The molecule has 1 amide bonds. The average Bonchev–Trinajstić information content (AvgIpc) is 2.46. The van der Waals surface area contributed by atoms with Gasteiger partial charge >= 0.3 is 5.69 Å². The molecule has 0 bridgehead atoms. The van der Waals surface area contributed by atoms with E-state index in [1.54, 1.807) is 18.2 Å². The number of halogens is 1. The number of aromatic nitrogens is 1. The van der Waals surface area contributed by atoms with Gasteiger partial charge in [-0.2, -0.15) is 0 Å². The molecule has 0 unspecified atom stereocenters. The maximum absolute atomic E-state index is 12.1. The van der Waals surface area contributed by atoms with Crippen molar-refractivity contribution in [2.75, 3.05) is 12.4 Å². The fourth-order valence-electron chi connectivity index (χ4n) is 1.64. The summed E-state index contributed by atoms with van der Waals surface area (Å²) in [7, 11) is 1.31. The highest BCUT2D eigenvalue weighted by Gasteiger charge is 2.17. The molecule has 2 aromatic rings.